The van der Waals surface area contributed by atoms with Gasteiger partial charge < -0.3 is 14.7 Å². The third kappa shape index (κ3) is 6.59. The van der Waals surface area contributed by atoms with E-state index in [1.807, 2.05) is 28.8 Å². The van der Waals surface area contributed by atoms with Gasteiger partial charge in [-0.05, 0) is 38.8 Å². The molecule has 144 valence electrons. The van der Waals surface area contributed by atoms with Crippen molar-refractivity contribution in [1.82, 2.24) is 19.6 Å². The Labute approximate surface area is 153 Å². The van der Waals surface area contributed by atoms with Gasteiger partial charge in [-0.25, -0.2) is 0 Å². The number of likely N-dealkylation sites (tertiary alicyclic amines) is 1. The Balaban J connectivity index is 1.66. The van der Waals surface area contributed by atoms with E-state index in [0.717, 1.165) is 58.7 Å². The SMILES string of the molecule is CC(C)CC(=O)N1CCC(CN2CCN(C(=O)CN(C)C)CC2)CC1. The lowest BCUT2D eigenvalue weighted by Crippen LogP contribution is -2.52. The maximum absolute atomic E-state index is 12.2. The van der Waals surface area contributed by atoms with Crippen molar-refractivity contribution in [3.8, 4) is 0 Å². The van der Waals surface area contributed by atoms with E-state index in [0.29, 0.717) is 30.7 Å². The van der Waals surface area contributed by atoms with Gasteiger partial charge >= 0.3 is 0 Å². The van der Waals surface area contributed by atoms with Crippen molar-refractivity contribution in [2.24, 2.45) is 11.8 Å². The fraction of sp³-hybridized carbons (Fsp3) is 0.895. The van der Waals surface area contributed by atoms with E-state index in [4.69, 9.17) is 0 Å². The summed E-state index contributed by atoms with van der Waals surface area (Å²) in [5.74, 6) is 1.69. The Morgan fingerprint density at radius 1 is 0.920 bits per heavy atom. The first kappa shape index (κ1) is 20.2. The van der Waals surface area contributed by atoms with Gasteiger partial charge in [0.2, 0.25) is 11.8 Å². The Morgan fingerprint density at radius 2 is 1.48 bits per heavy atom. The van der Waals surface area contributed by atoms with Crippen LogP contribution in [0.15, 0.2) is 0 Å². The maximum atomic E-state index is 12.2. The molecule has 0 aromatic rings. The van der Waals surface area contributed by atoms with Crippen LogP contribution >= 0.6 is 0 Å². The van der Waals surface area contributed by atoms with Gasteiger partial charge in [0.1, 0.15) is 0 Å². The molecule has 0 bridgehead atoms. The second-order valence-corrected chi connectivity index (χ2v) is 8.34. The van der Waals surface area contributed by atoms with Crippen LogP contribution in [0, 0.1) is 11.8 Å². The van der Waals surface area contributed by atoms with E-state index in [-0.39, 0.29) is 5.91 Å². The molecule has 0 aliphatic carbocycles. The molecule has 2 rings (SSSR count). The summed E-state index contributed by atoms with van der Waals surface area (Å²) in [6.07, 6.45) is 2.90. The van der Waals surface area contributed by atoms with Crippen molar-refractivity contribution in [2.45, 2.75) is 33.1 Å². The largest absolute Gasteiger partial charge is 0.343 e. The van der Waals surface area contributed by atoms with Gasteiger partial charge in [-0.1, -0.05) is 13.8 Å². The molecule has 0 spiro atoms. The van der Waals surface area contributed by atoms with E-state index in [1.54, 1.807) is 0 Å². The van der Waals surface area contributed by atoms with Gasteiger partial charge in [-0.2, -0.15) is 0 Å². The van der Waals surface area contributed by atoms with E-state index < -0.39 is 0 Å². The number of likely N-dealkylation sites (N-methyl/N-ethyl adjacent to an activating group) is 1. The monoisotopic (exact) mass is 352 g/mol. The second-order valence-electron chi connectivity index (χ2n) is 8.34. The molecule has 0 radical (unpaired) electrons. The minimum Gasteiger partial charge on any atom is -0.343 e. The fourth-order valence-electron chi connectivity index (χ4n) is 3.76. The Kier molecular flexibility index (Phi) is 7.69. The summed E-state index contributed by atoms with van der Waals surface area (Å²) < 4.78 is 0. The van der Waals surface area contributed by atoms with E-state index in [2.05, 4.69) is 18.7 Å². The van der Waals surface area contributed by atoms with Crippen LogP contribution in [0.25, 0.3) is 0 Å². The van der Waals surface area contributed by atoms with Gasteiger partial charge in [0, 0.05) is 52.2 Å². The number of nitrogens with zero attached hydrogens (tertiary/aromatic N) is 4. The van der Waals surface area contributed by atoms with Crippen LogP contribution in [0.1, 0.15) is 33.1 Å². The van der Waals surface area contributed by atoms with E-state index in [1.165, 1.54) is 0 Å². The molecule has 2 aliphatic rings. The third-order valence-electron chi connectivity index (χ3n) is 5.24. The van der Waals surface area contributed by atoms with E-state index in [9.17, 15) is 9.59 Å². The van der Waals surface area contributed by atoms with Crippen LogP contribution in [0.2, 0.25) is 0 Å². The molecular formula is C19H36N4O2. The number of piperidine rings is 1. The molecule has 0 aromatic carbocycles. The standard InChI is InChI=1S/C19H36N4O2/c1-16(2)13-18(24)22-7-5-17(6-8-22)14-21-9-11-23(12-10-21)19(25)15-20(3)4/h16-17H,5-15H2,1-4H3. The molecule has 0 atom stereocenters. The first-order valence-corrected chi connectivity index (χ1v) is 9.77. The number of rotatable bonds is 6. The zero-order chi connectivity index (χ0) is 18.4. The van der Waals surface area contributed by atoms with Crippen LogP contribution in [0.3, 0.4) is 0 Å². The number of carbonyl (C=O) groups excluding carboxylic acids is 2. The molecule has 2 aliphatic heterocycles. The van der Waals surface area contributed by atoms with Gasteiger partial charge in [0.25, 0.3) is 0 Å². The first-order chi connectivity index (χ1) is 11.8. The molecule has 6 nitrogen and oxygen atoms in total. The van der Waals surface area contributed by atoms with Gasteiger partial charge in [0.05, 0.1) is 6.54 Å². The summed E-state index contributed by atoms with van der Waals surface area (Å²) in [6, 6.07) is 0. The number of amides is 2. The normalized spacial score (nSPS) is 20.6. The quantitative estimate of drug-likeness (QED) is 0.715. The molecule has 0 N–H and O–H groups in total. The number of hydrogen-bond acceptors (Lipinski definition) is 4. The highest BCUT2D eigenvalue weighted by Crippen LogP contribution is 2.20. The predicted octanol–water partition coefficient (Wildman–Crippen LogP) is 0.977. The minimum absolute atomic E-state index is 0.238. The van der Waals surface area contributed by atoms with Crippen molar-refractivity contribution < 1.29 is 9.59 Å². The molecule has 25 heavy (non-hydrogen) atoms. The van der Waals surface area contributed by atoms with Crippen molar-refractivity contribution in [1.29, 1.82) is 0 Å². The zero-order valence-electron chi connectivity index (χ0n) is 16.5. The predicted molar refractivity (Wildman–Crippen MR) is 100 cm³/mol. The first-order valence-electron chi connectivity index (χ1n) is 9.77. The van der Waals surface area contributed by atoms with Crippen molar-refractivity contribution in [3.05, 3.63) is 0 Å². The molecule has 2 heterocycles. The summed E-state index contributed by atoms with van der Waals surface area (Å²) in [7, 11) is 3.87. The van der Waals surface area contributed by atoms with Crippen LogP contribution in [0.4, 0.5) is 0 Å². The summed E-state index contributed by atoms with van der Waals surface area (Å²) in [5, 5.41) is 0. The highest BCUT2D eigenvalue weighted by atomic mass is 16.2. The lowest BCUT2D eigenvalue weighted by molar-refractivity contribution is -0.133. The number of hydrogen-bond donors (Lipinski definition) is 0. The maximum Gasteiger partial charge on any atom is 0.236 e. The highest BCUT2D eigenvalue weighted by molar-refractivity contribution is 5.78. The summed E-state index contributed by atoms with van der Waals surface area (Å²) in [4.78, 5) is 32.7. The van der Waals surface area contributed by atoms with Gasteiger partial charge in [-0.15, -0.1) is 0 Å². The molecular weight excluding hydrogens is 316 g/mol. The molecule has 2 amide bonds. The highest BCUT2D eigenvalue weighted by Gasteiger charge is 2.27. The Morgan fingerprint density at radius 3 is 2.00 bits per heavy atom. The topological polar surface area (TPSA) is 47.1 Å². The summed E-state index contributed by atoms with van der Waals surface area (Å²) in [6.45, 7) is 11.3. The Hall–Kier alpha value is -1.14. The minimum atomic E-state index is 0.238. The van der Waals surface area contributed by atoms with Crippen molar-refractivity contribution >= 4 is 11.8 Å². The number of piperazine rings is 1. The molecule has 2 saturated heterocycles. The lowest BCUT2D eigenvalue weighted by atomic mass is 9.95. The van der Waals surface area contributed by atoms with Gasteiger partial charge in [-0.3, -0.25) is 14.5 Å². The second kappa shape index (κ2) is 9.53. The van der Waals surface area contributed by atoms with E-state index >= 15 is 0 Å². The van der Waals surface area contributed by atoms with Crippen LogP contribution in [-0.2, 0) is 9.59 Å². The van der Waals surface area contributed by atoms with Crippen LogP contribution in [-0.4, -0.2) is 97.9 Å². The average Bonchev–Trinajstić information content (AvgIpc) is 2.55. The van der Waals surface area contributed by atoms with Crippen LogP contribution in [0.5, 0.6) is 0 Å². The average molecular weight is 353 g/mol. The molecule has 0 aromatic heterocycles. The molecule has 0 unspecified atom stereocenters. The lowest BCUT2D eigenvalue weighted by Gasteiger charge is -2.39. The molecule has 0 saturated carbocycles. The van der Waals surface area contributed by atoms with Gasteiger partial charge in [0.15, 0.2) is 0 Å². The molecule has 6 heteroatoms. The smallest absolute Gasteiger partial charge is 0.236 e. The van der Waals surface area contributed by atoms with Crippen molar-refractivity contribution in [3.63, 3.8) is 0 Å². The van der Waals surface area contributed by atoms with Crippen LogP contribution < -0.4 is 0 Å². The fourth-order valence-corrected chi connectivity index (χ4v) is 3.76. The summed E-state index contributed by atoms with van der Waals surface area (Å²) >= 11 is 0. The zero-order valence-corrected chi connectivity index (χ0v) is 16.5. The Bertz CT molecular complexity index is 397. The third-order valence-corrected chi connectivity index (χ3v) is 5.24. The molecule has 2 fully saturated rings. The summed E-state index contributed by atoms with van der Waals surface area (Å²) in [5.41, 5.74) is 0. The van der Waals surface area contributed by atoms with Crippen molar-refractivity contribution in [2.75, 3.05) is 66.5 Å². The number of carbonyl (C=O) groups is 2.